The molecule has 2 aliphatic heterocycles. The van der Waals surface area contributed by atoms with Crippen molar-refractivity contribution in [2.24, 2.45) is 0 Å². The van der Waals surface area contributed by atoms with E-state index >= 15 is 0 Å². The minimum Gasteiger partial charge on any atom is -0.486 e. The van der Waals surface area contributed by atoms with Gasteiger partial charge in [-0.2, -0.15) is 0 Å². The summed E-state index contributed by atoms with van der Waals surface area (Å²) in [5.74, 6) is 1.42. The summed E-state index contributed by atoms with van der Waals surface area (Å²) in [6.07, 6.45) is 0.867. The number of pyridine rings is 1. The lowest BCUT2D eigenvalue weighted by Gasteiger charge is -2.29. The third kappa shape index (κ3) is 3.72. The number of aromatic nitrogens is 1. The highest BCUT2D eigenvalue weighted by atomic mass is 16.6. The summed E-state index contributed by atoms with van der Waals surface area (Å²) in [4.78, 5) is 20.8. The molecule has 2 aromatic carbocycles. The molecule has 0 bridgehead atoms. The van der Waals surface area contributed by atoms with Crippen LogP contribution in [0.3, 0.4) is 0 Å². The predicted molar refractivity (Wildman–Crippen MR) is 120 cm³/mol. The molecular formula is C25H27N3O3. The standard InChI is InChI=1S/C25H27N3O3/c1-3-28-11-10-21-19(15-28)24(18-6-4-5-7-20(18)27-21)25(29)26-16(2)17-8-9-22-23(14-17)31-13-12-30-22/h4-9,14,16H,3,10-13,15H2,1-2H3,(H,26,29)/t16-/m1/s1. The summed E-state index contributed by atoms with van der Waals surface area (Å²) in [6.45, 7) is 7.95. The van der Waals surface area contributed by atoms with Crippen LogP contribution in [-0.2, 0) is 13.0 Å². The van der Waals surface area contributed by atoms with Gasteiger partial charge in [0.2, 0.25) is 0 Å². The molecule has 1 amide bonds. The van der Waals surface area contributed by atoms with Gasteiger partial charge in [0.25, 0.3) is 5.91 Å². The zero-order valence-corrected chi connectivity index (χ0v) is 18.0. The summed E-state index contributed by atoms with van der Waals surface area (Å²) in [6, 6.07) is 13.6. The Bertz CT molecular complexity index is 1140. The van der Waals surface area contributed by atoms with Crippen molar-refractivity contribution >= 4 is 16.8 Å². The largest absolute Gasteiger partial charge is 0.486 e. The average Bonchev–Trinajstić information content (AvgIpc) is 2.81. The van der Waals surface area contributed by atoms with Crippen LogP contribution in [0, 0.1) is 0 Å². The number of amides is 1. The van der Waals surface area contributed by atoms with E-state index in [0.29, 0.717) is 13.2 Å². The first-order valence-corrected chi connectivity index (χ1v) is 11.0. The number of nitrogens with one attached hydrogen (secondary N) is 1. The number of ether oxygens (including phenoxy) is 2. The minimum absolute atomic E-state index is 0.0600. The van der Waals surface area contributed by atoms with E-state index < -0.39 is 0 Å². The van der Waals surface area contributed by atoms with Gasteiger partial charge in [0, 0.05) is 36.2 Å². The van der Waals surface area contributed by atoms with E-state index in [1.54, 1.807) is 0 Å². The lowest BCUT2D eigenvalue weighted by atomic mass is 9.94. The van der Waals surface area contributed by atoms with Crippen molar-refractivity contribution in [1.82, 2.24) is 15.2 Å². The Morgan fingerprint density at radius 3 is 2.81 bits per heavy atom. The molecule has 0 saturated heterocycles. The Morgan fingerprint density at radius 2 is 1.97 bits per heavy atom. The third-order valence-corrected chi connectivity index (χ3v) is 6.21. The SMILES string of the molecule is CCN1CCc2nc3ccccc3c(C(=O)N[C@H](C)c3ccc4c(c3)OCCO4)c2C1. The lowest BCUT2D eigenvalue weighted by Crippen LogP contribution is -2.34. The van der Waals surface area contributed by atoms with Gasteiger partial charge in [-0.15, -0.1) is 0 Å². The molecule has 0 spiro atoms. The quantitative estimate of drug-likeness (QED) is 0.698. The van der Waals surface area contributed by atoms with E-state index in [2.05, 4.69) is 17.1 Å². The second-order valence-electron chi connectivity index (χ2n) is 8.15. The molecule has 6 nitrogen and oxygen atoms in total. The van der Waals surface area contributed by atoms with Gasteiger partial charge in [0.1, 0.15) is 13.2 Å². The van der Waals surface area contributed by atoms with Crippen molar-refractivity contribution in [2.45, 2.75) is 32.9 Å². The van der Waals surface area contributed by atoms with Crippen molar-refractivity contribution < 1.29 is 14.3 Å². The number of hydrogen-bond donors (Lipinski definition) is 1. The minimum atomic E-state index is -0.170. The maximum absolute atomic E-state index is 13.6. The van der Waals surface area contributed by atoms with Crippen LogP contribution < -0.4 is 14.8 Å². The van der Waals surface area contributed by atoms with Crippen LogP contribution in [0.25, 0.3) is 10.9 Å². The lowest BCUT2D eigenvalue weighted by molar-refractivity contribution is 0.0938. The molecule has 1 aromatic heterocycles. The molecule has 1 atom stereocenters. The number of likely N-dealkylation sites (N-methyl/N-ethyl adjacent to an activating group) is 1. The molecule has 3 heterocycles. The number of para-hydroxylation sites is 1. The second kappa shape index (κ2) is 8.19. The van der Waals surface area contributed by atoms with Crippen LogP contribution in [0.4, 0.5) is 0 Å². The van der Waals surface area contributed by atoms with Crippen molar-refractivity contribution in [1.29, 1.82) is 0 Å². The first-order chi connectivity index (χ1) is 15.1. The number of carbonyl (C=O) groups is 1. The third-order valence-electron chi connectivity index (χ3n) is 6.21. The summed E-state index contributed by atoms with van der Waals surface area (Å²) in [5, 5.41) is 4.12. The Kier molecular flexibility index (Phi) is 5.24. The molecular weight excluding hydrogens is 390 g/mol. The van der Waals surface area contributed by atoms with Crippen LogP contribution >= 0.6 is 0 Å². The van der Waals surface area contributed by atoms with E-state index in [1.165, 1.54) is 0 Å². The maximum atomic E-state index is 13.6. The fourth-order valence-electron chi connectivity index (χ4n) is 4.46. The van der Waals surface area contributed by atoms with Crippen molar-refractivity contribution in [3.63, 3.8) is 0 Å². The molecule has 0 fully saturated rings. The second-order valence-corrected chi connectivity index (χ2v) is 8.15. The molecule has 31 heavy (non-hydrogen) atoms. The van der Waals surface area contributed by atoms with Crippen molar-refractivity contribution in [3.8, 4) is 11.5 Å². The molecule has 0 saturated carbocycles. The highest BCUT2D eigenvalue weighted by molar-refractivity contribution is 6.07. The zero-order chi connectivity index (χ0) is 21.4. The van der Waals surface area contributed by atoms with Gasteiger partial charge in [0.15, 0.2) is 11.5 Å². The van der Waals surface area contributed by atoms with Gasteiger partial charge >= 0.3 is 0 Å². The van der Waals surface area contributed by atoms with Crippen LogP contribution in [-0.4, -0.2) is 42.1 Å². The Morgan fingerprint density at radius 1 is 1.16 bits per heavy atom. The molecule has 2 aliphatic rings. The van der Waals surface area contributed by atoms with Crippen LogP contribution in [0.1, 0.15) is 47.1 Å². The Balaban J connectivity index is 1.49. The first kappa shape index (κ1) is 19.8. The number of benzene rings is 2. The summed E-state index contributed by atoms with van der Waals surface area (Å²) >= 11 is 0. The zero-order valence-electron chi connectivity index (χ0n) is 18.0. The fourth-order valence-corrected chi connectivity index (χ4v) is 4.46. The number of nitrogens with zero attached hydrogens (tertiary/aromatic N) is 2. The van der Waals surface area contributed by atoms with Crippen LogP contribution in [0.15, 0.2) is 42.5 Å². The normalized spacial score (nSPS) is 16.6. The first-order valence-electron chi connectivity index (χ1n) is 11.0. The van der Waals surface area contributed by atoms with E-state index in [0.717, 1.165) is 70.8 Å². The van der Waals surface area contributed by atoms with E-state index in [4.69, 9.17) is 14.5 Å². The Hall–Kier alpha value is -3.12. The molecule has 5 rings (SSSR count). The van der Waals surface area contributed by atoms with Gasteiger partial charge in [-0.3, -0.25) is 14.7 Å². The molecule has 6 heteroatoms. The van der Waals surface area contributed by atoms with Gasteiger partial charge < -0.3 is 14.8 Å². The van der Waals surface area contributed by atoms with Crippen LogP contribution in [0.5, 0.6) is 11.5 Å². The number of carbonyl (C=O) groups excluding carboxylic acids is 1. The predicted octanol–water partition coefficient (Wildman–Crippen LogP) is 3.88. The average molecular weight is 418 g/mol. The van der Waals surface area contributed by atoms with Gasteiger partial charge in [-0.25, -0.2) is 0 Å². The number of rotatable bonds is 4. The Labute approximate surface area is 182 Å². The van der Waals surface area contributed by atoms with Gasteiger partial charge in [0.05, 0.1) is 17.1 Å². The van der Waals surface area contributed by atoms with E-state index in [-0.39, 0.29) is 11.9 Å². The smallest absolute Gasteiger partial charge is 0.252 e. The molecule has 0 unspecified atom stereocenters. The van der Waals surface area contributed by atoms with E-state index in [1.807, 2.05) is 49.4 Å². The molecule has 0 radical (unpaired) electrons. The summed E-state index contributed by atoms with van der Waals surface area (Å²) < 4.78 is 11.3. The number of fused-ring (bicyclic) bond motifs is 3. The van der Waals surface area contributed by atoms with Crippen molar-refractivity contribution in [2.75, 3.05) is 26.3 Å². The van der Waals surface area contributed by atoms with Crippen molar-refractivity contribution in [3.05, 3.63) is 64.8 Å². The molecule has 0 aliphatic carbocycles. The molecule has 1 N–H and O–H groups in total. The van der Waals surface area contributed by atoms with Gasteiger partial charge in [-0.05, 0) is 37.2 Å². The van der Waals surface area contributed by atoms with Gasteiger partial charge in [-0.1, -0.05) is 31.2 Å². The highest BCUT2D eigenvalue weighted by Gasteiger charge is 2.26. The van der Waals surface area contributed by atoms with Crippen LogP contribution in [0.2, 0.25) is 0 Å². The fraction of sp³-hybridized carbons (Fsp3) is 0.360. The molecule has 160 valence electrons. The number of hydrogen-bond acceptors (Lipinski definition) is 5. The van der Waals surface area contributed by atoms with E-state index in [9.17, 15) is 4.79 Å². The topological polar surface area (TPSA) is 63.7 Å². The maximum Gasteiger partial charge on any atom is 0.252 e. The summed E-state index contributed by atoms with van der Waals surface area (Å²) in [7, 11) is 0. The monoisotopic (exact) mass is 417 g/mol. The summed E-state index contributed by atoms with van der Waals surface area (Å²) in [5.41, 5.74) is 4.71. The highest BCUT2D eigenvalue weighted by Crippen LogP contribution is 2.33. The molecule has 3 aromatic rings.